The van der Waals surface area contributed by atoms with Crippen LogP contribution in [0.1, 0.15) is 41.5 Å². The lowest BCUT2D eigenvalue weighted by molar-refractivity contribution is 0.125. The van der Waals surface area contributed by atoms with Crippen molar-refractivity contribution < 1.29 is 4.74 Å². The zero-order chi connectivity index (χ0) is 14.0. The SMILES string of the molecule is CC(C)(C)CNc1ccc(N)c(OC(C)(C)C)n1. The molecule has 0 aliphatic rings. The van der Waals surface area contributed by atoms with Gasteiger partial charge in [0, 0.05) is 6.54 Å². The second-order valence-electron chi connectivity index (χ2n) is 6.72. The first-order valence-corrected chi connectivity index (χ1v) is 6.26. The molecule has 0 aromatic carbocycles. The topological polar surface area (TPSA) is 60.2 Å². The van der Waals surface area contributed by atoms with Crippen molar-refractivity contribution in [3.63, 3.8) is 0 Å². The lowest BCUT2D eigenvalue weighted by Gasteiger charge is -2.23. The monoisotopic (exact) mass is 251 g/mol. The third-order valence-electron chi connectivity index (χ3n) is 2.09. The Morgan fingerprint density at radius 2 is 1.78 bits per heavy atom. The maximum absolute atomic E-state index is 5.86. The van der Waals surface area contributed by atoms with Gasteiger partial charge < -0.3 is 15.8 Å². The van der Waals surface area contributed by atoms with Gasteiger partial charge in [-0.25, -0.2) is 0 Å². The van der Waals surface area contributed by atoms with Crippen molar-refractivity contribution in [3.05, 3.63) is 12.1 Å². The molecule has 0 atom stereocenters. The number of nitrogens with two attached hydrogens (primary N) is 1. The van der Waals surface area contributed by atoms with E-state index in [1.807, 2.05) is 32.9 Å². The summed E-state index contributed by atoms with van der Waals surface area (Å²) in [7, 11) is 0. The molecule has 0 saturated carbocycles. The van der Waals surface area contributed by atoms with E-state index in [0.717, 1.165) is 12.4 Å². The minimum atomic E-state index is -0.302. The molecule has 1 aromatic rings. The van der Waals surface area contributed by atoms with E-state index in [4.69, 9.17) is 10.5 Å². The predicted molar refractivity (Wildman–Crippen MR) is 77.0 cm³/mol. The molecule has 0 amide bonds. The number of rotatable bonds is 3. The van der Waals surface area contributed by atoms with Crippen LogP contribution < -0.4 is 15.8 Å². The van der Waals surface area contributed by atoms with Crippen LogP contribution in [0.4, 0.5) is 11.5 Å². The van der Waals surface area contributed by atoms with E-state index in [1.54, 1.807) is 0 Å². The second kappa shape index (κ2) is 5.04. The normalized spacial score (nSPS) is 12.3. The quantitative estimate of drug-likeness (QED) is 0.865. The molecular weight excluding hydrogens is 226 g/mol. The zero-order valence-corrected chi connectivity index (χ0v) is 12.3. The van der Waals surface area contributed by atoms with Crippen LogP contribution in [0, 0.1) is 5.41 Å². The molecule has 3 N–H and O–H groups in total. The average Bonchev–Trinajstić information content (AvgIpc) is 2.16. The van der Waals surface area contributed by atoms with Crippen LogP contribution in [0.5, 0.6) is 5.88 Å². The minimum Gasteiger partial charge on any atom is -0.470 e. The zero-order valence-electron chi connectivity index (χ0n) is 12.3. The summed E-state index contributed by atoms with van der Waals surface area (Å²) in [6.45, 7) is 13.3. The van der Waals surface area contributed by atoms with Gasteiger partial charge >= 0.3 is 0 Å². The highest BCUT2D eigenvalue weighted by molar-refractivity contribution is 5.53. The van der Waals surface area contributed by atoms with Crippen molar-refractivity contribution in [2.45, 2.75) is 47.1 Å². The fourth-order valence-electron chi connectivity index (χ4n) is 1.28. The van der Waals surface area contributed by atoms with Crippen LogP contribution in [-0.2, 0) is 0 Å². The Hall–Kier alpha value is -1.45. The Bertz CT molecular complexity index is 402. The van der Waals surface area contributed by atoms with Crippen molar-refractivity contribution in [2.75, 3.05) is 17.6 Å². The Morgan fingerprint density at radius 3 is 2.28 bits per heavy atom. The Morgan fingerprint density at radius 1 is 1.17 bits per heavy atom. The Labute approximate surface area is 110 Å². The third kappa shape index (κ3) is 5.25. The van der Waals surface area contributed by atoms with E-state index in [9.17, 15) is 0 Å². The molecule has 102 valence electrons. The van der Waals surface area contributed by atoms with Crippen molar-refractivity contribution >= 4 is 11.5 Å². The molecule has 1 heterocycles. The number of anilines is 2. The van der Waals surface area contributed by atoms with E-state index in [0.29, 0.717) is 11.6 Å². The summed E-state index contributed by atoms with van der Waals surface area (Å²) < 4.78 is 5.73. The van der Waals surface area contributed by atoms with Gasteiger partial charge in [0.2, 0.25) is 5.88 Å². The van der Waals surface area contributed by atoms with Crippen LogP contribution in [-0.4, -0.2) is 17.1 Å². The van der Waals surface area contributed by atoms with Crippen molar-refractivity contribution in [1.29, 1.82) is 0 Å². The van der Waals surface area contributed by atoms with E-state index in [-0.39, 0.29) is 11.0 Å². The summed E-state index contributed by atoms with van der Waals surface area (Å²) in [5, 5.41) is 3.29. The first-order chi connectivity index (χ1) is 8.07. The third-order valence-corrected chi connectivity index (χ3v) is 2.09. The second-order valence-corrected chi connectivity index (χ2v) is 6.72. The standard InChI is InChI=1S/C14H25N3O/c1-13(2,3)9-16-11-8-7-10(15)12(17-11)18-14(4,5)6/h7-8H,9,15H2,1-6H3,(H,16,17). The largest absolute Gasteiger partial charge is 0.470 e. The fourth-order valence-corrected chi connectivity index (χ4v) is 1.28. The highest BCUT2D eigenvalue weighted by Crippen LogP contribution is 2.25. The molecule has 0 aliphatic heterocycles. The van der Waals surface area contributed by atoms with Crippen LogP contribution in [0.15, 0.2) is 12.1 Å². The van der Waals surface area contributed by atoms with E-state index in [1.165, 1.54) is 0 Å². The molecule has 1 rings (SSSR count). The molecule has 4 heteroatoms. The molecule has 0 saturated heterocycles. The number of nitrogens with one attached hydrogen (secondary N) is 1. The molecular formula is C14H25N3O. The number of nitrogens with zero attached hydrogens (tertiary/aromatic N) is 1. The summed E-state index contributed by atoms with van der Waals surface area (Å²) in [4.78, 5) is 4.40. The van der Waals surface area contributed by atoms with Gasteiger partial charge in [-0.3, -0.25) is 0 Å². The van der Waals surface area contributed by atoms with Gasteiger partial charge in [0.1, 0.15) is 11.4 Å². The smallest absolute Gasteiger partial charge is 0.239 e. The maximum Gasteiger partial charge on any atom is 0.239 e. The maximum atomic E-state index is 5.86. The first kappa shape index (κ1) is 14.6. The number of hydrogen-bond acceptors (Lipinski definition) is 4. The summed E-state index contributed by atoms with van der Waals surface area (Å²) in [5.41, 5.74) is 6.33. The average molecular weight is 251 g/mol. The Kier molecular flexibility index (Phi) is 4.09. The molecule has 4 nitrogen and oxygen atoms in total. The van der Waals surface area contributed by atoms with E-state index < -0.39 is 0 Å². The molecule has 18 heavy (non-hydrogen) atoms. The molecule has 1 aromatic heterocycles. The minimum absolute atomic E-state index is 0.202. The van der Waals surface area contributed by atoms with Gasteiger partial charge in [0.05, 0.1) is 5.69 Å². The number of hydrogen-bond donors (Lipinski definition) is 2. The van der Waals surface area contributed by atoms with Gasteiger partial charge in [-0.1, -0.05) is 20.8 Å². The summed E-state index contributed by atoms with van der Waals surface area (Å²) in [5.74, 6) is 1.28. The van der Waals surface area contributed by atoms with Crippen molar-refractivity contribution in [1.82, 2.24) is 4.98 Å². The van der Waals surface area contributed by atoms with Crippen LogP contribution in [0.3, 0.4) is 0 Å². The molecule has 0 bridgehead atoms. The van der Waals surface area contributed by atoms with Crippen molar-refractivity contribution in [2.24, 2.45) is 5.41 Å². The summed E-state index contributed by atoms with van der Waals surface area (Å²) >= 11 is 0. The predicted octanol–water partition coefficient (Wildman–Crippen LogP) is 3.30. The number of aromatic nitrogens is 1. The molecule has 0 aliphatic carbocycles. The lowest BCUT2D eigenvalue weighted by Crippen LogP contribution is -2.25. The van der Waals surface area contributed by atoms with E-state index in [2.05, 4.69) is 31.1 Å². The highest BCUT2D eigenvalue weighted by atomic mass is 16.5. The molecule has 0 unspecified atom stereocenters. The summed E-state index contributed by atoms with van der Waals surface area (Å²) in [6, 6.07) is 3.69. The van der Waals surface area contributed by atoms with Crippen LogP contribution in [0.2, 0.25) is 0 Å². The van der Waals surface area contributed by atoms with Gasteiger partial charge in [0.25, 0.3) is 0 Å². The molecule has 0 fully saturated rings. The lowest BCUT2D eigenvalue weighted by atomic mass is 9.97. The van der Waals surface area contributed by atoms with Gasteiger partial charge in [0.15, 0.2) is 0 Å². The number of ether oxygens (including phenoxy) is 1. The van der Waals surface area contributed by atoms with Gasteiger partial charge in [-0.05, 0) is 38.3 Å². The number of pyridine rings is 1. The number of nitrogen functional groups attached to an aromatic ring is 1. The van der Waals surface area contributed by atoms with Gasteiger partial charge in [-0.2, -0.15) is 4.98 Å². The van der Waals surface area contributed by atoms with Crippen LogP contribution >= 0.6 is 0 Å². The fraction of sp³-hybridized carbons (Fsp3) is 0.643. The molecule has 0 spiro atoms. The highest BCUT2D eigenvalue weighted by Gasteiger charge is 2.16. The van der Waals surface area contributed by atoms with Crippen molar-refractivity contribution in [3.8, 4) is 5.88 Å². The van der Waals surface area contributed by atoms with E-state index >= 15 is 0 Å². The van der Waals surface area contributed by atoms with Gasteiger partial charge in [-0.15, -0.1) is 0 Å². The molecule has 0 radical (unpaired) electrons. The summed E-state index contributed by atoms with van der Waals surface area (Å²) in [6.07, 6.45) is 0. The Balaban J connectivity index is 2.81. The first-order valence-electron chi connectivity index (χ1n) is 6.26. The van der Waals surface area contributed by atoms with Crippen LogP contribution in [0.25, 0.3) is 0 Å².